The van der Waals surface area contributed by atoms with E-state index in [0.717, 1.165) is 6.42 Å². The molecular formula is C16H21N3. The van der Waals surface area contributed by atoms with Crippen LogP contribution in [0, 0.1) is 0 Å². The van der Waals surface area contributed by atoms with E-state index >= 15 is 0 Å². The Morgan fingerprint density at radius 2 is 1.84 bits per heavy atom. The Balaban J connectivity index is 1.46. The van der Waals surface area contributed by atoms with Crippen LogP contribution in [-0.4, -0.2) is 34.3 Å². The van der Waals surface area contributed by atoms with Crippen molar-refractivity contribution in [2.45, 2.75) is 25.3 Å². The fourth-order valence-corrected chi connectivity index (χ4v) is 2.84. The first kappa shape index (κ1) is 12.4. The molecule has 1 aromatic carbocycles. The molecule has 1 fully saturated rings. The third kappa shape index (κ3) is 3.24. The van der Waals surface area contributed by atoms with E-state index in [1.54, 1.807) is 0 Å². The summed E-state index contributed by atoms with van der Waals surface area (Å²) >= 11 is 0. The second-order valence-electron chi connectivity index (χ2n) is 5.29. The molecule has 2 heterocycles. The van der Waals surface area contributed by atoms with E-state index in [1.807, 2.05) is 12.3 Å². The standard InChI is InChI=1S/C16H21N3/c1-2-5-15(6-3-1)7-12-18-13-8-16(9-14-18)19-11-4-10-17-19/h1-6,10-11,16H,7-9,12-14H2. The van der Waals surface area contributed by atoms with E-state index in [4.69, 9.17) is 0 Å². The van der Waals surface area contributed by atoms with Crippen LogP contribution in [0.5, 0.6) is 0 Å². The molecule has 0 radical (unpaired) electrons. The van der Waals surface area contributed by atoms with Crippen LogP contribution in [0.2, 0.25) is 0 Å². The van der Waals surface area contributed by atoms with Gasteiger partial charge in [-0.15, -0.1) is 0 Å². The van der Waals surface area contributed by atoms with Gasteiger partial charge in [0.15, 0.2) is 0 Å². The zero-order valence-corrected chi connectivity index (χ0v) is 11.3. The summed E-state index contributed by atoms with van der Waals surface area (Å²) in [5, 5.41) is 4.36. The van der Waals surface area contributed by atoms with E-state index in [2.05, 4.69) is 51.2 Å². The van der Waals surface area contributed by atoms with Gasteiger partial charge in [-0.3, -0.25) is 4.68 Å². The Morgan fingerprint density at radius 3 is 2.53 bits per heavy atom. The summed E-state index contributed by atoms with van der Waals surface area (Å²) in [6.45, 7) is 3.56. The molecule has 0 unspecified atom stereocenters. The van der Waals surface area contributed by atoms with Crippen LogP contribution in [-0.2, 0) is 6.42 Å². The van der Waals surface area contributed by atoms with E-state index in [1.165, 1.54) is 38.0 Å². The molecule has 0 amide bonds. The SMILES string of the molecule is c1ccc(CCN2CCC(n3cccn3)CC2)cc1. The molecule has 0 saturated carbocycles. The maximum atomic E-state index is 4.36. The van der Waals surface area contributed by atoms with Gasteiger partial charge in [-0.1, -0.05) is 30.3 Å². The van der Waals surface area contributed by atoms with Crippen LogP contribution in [0.3, 0.4) is 0 Å². The van der Waals surface area contributed by atoms with Crippen molar-refractivity contribution in [2.24, 2.45) is 0 Å². The number of likely N-dealkylation sites (tertiary alicyclic amines) is 1. The highest BCUT2D eigenvalue weighted by molar-refractivity contribution is 5.14. The molecule has 0 aliphatic carbocycles. The van der Waals surface area contributed by atoms with Gasteiger partial charge < -0.3 is 4.90 Å². The third-order valence-corrected chi connectivity index (χ3v) is 4.02. The molecule has 100 valence electrons. The molecule has 1 aliphatic rings. The van der Waals surface area contributed by atoms with Gasteiger partial charge in [0.25, 0.3) is 0 Å². The number of hydrogen-bond donors (Lipinski definition) is 0. The molecule has 0 atom stereocenters. The van der Waals surface area contributed by atoms with Gasteiger partial charge in [-0.25, -0.2) is 0 Å². The summed E-state index contributed by atoms with van der Waals surface area (Å²) in [6, 6.07) is 13.4. The maximum absolute atomic E-state index is 4.36. The second-order valence-corrected chi connectivity index (χ2v) is 5.29. The fourth-order valence-electron chi connectivity index (χ4n) is 2.84. The minimum absolute atomic E-state index is 0.600. The maximum Gasteiger partial charge on any atom is 0.0543 e. The van der Waals surface area contributed by atoms with Gasteiger partial charge in [-0.2, -0.15) is 5.10 Å². The highest BCUT2D eigenvalue weighted by Gasteiger charge is 2.20. The average molecular weight is 255 g/mol. The van der Waals surface area contributed by atoms with Gasteiger partial charge in [0.1, 0.15) is 0 Å². The lowest BCUT2D eigenvalue weighted by Gasteiger charge is -2.32. The Morgan fingerprint density at radius 1 is 1.05 bits per heavy atom. The van der Waals surface area contributed by atoms with Crippen LogP contribution in [0.4, 0.5) is 0 Å². The lowest BCUT2D eigenvalue weighted by molar-refractivity contribution is 0.181. The zero-order valence-electron chi connectivity index (χ0n) is 11.3. The lowest BCUT2D eigenvalue weighted by atomic mass is 10.0. The molecule has 0 bridgehead atoms. The van der Waals surface area contributed by atoms with Crippen LogP contribution >= 0.6 is 0 Å². The summed E-state index contributed by atoms with van der Waals surface area (Å²) < 4.78 is 2.12. The first-order valence-corrected chi connectivity index (χ1v) is 7.17. The monoisotopic (exact) mass is 255 g/mol. The Bertz CT molecular complexity index is 470. The molecule has 3 heteroatoms. The van der Waals surface area contributed by atoms with Gasteiger partial charge >= 0.3 is 0 Å². The quantitative estimate of drug-likeness (QED) is 0.837. The summed E-state index contributed by atoms with van der Waals surface area (Å²) in [7, 11) is 0. The average Bonchev–Trinajstić information content (AvgIpc) is 3.01. The first-order chi connectivity index (χ1) is 9.42. The van der Waals surface area contributed by atoms with Crippen LogP contribution in [0.15, 0.2) is 48.8 Å². The van der Waals surface area contributed by atoms with Crippen molar-refractivity contribution in [1.82, 2.24) is 14.7 Å². The summed E-state index contributed by atoms with van der Waals surface area (Å²) in [4.78, 5) is 2.58. The largest absolute Gasteiger partial charge is 0.303 e. The first-order valence-electron chi connectivity index (χ1n) is 7.17. The van der Waals surface area contributed by atoms with E-state index in [0.29, 0.717) is 6.04 Å². The summed E-state index contributed by atoms with van der Waals surface area (Å²) in [6.07, 6.45) is 7.56. The topological polar surface area (TPSA) is 21.1 Å². The minimum Gasteiger partial charge on any atom is -0.303 e. The van der Waals surface area contributed by atoms with Crippen molar-refractivity contribution in [3.63, 3.8) is 0 Å². The highest BCUT2D eigenvalue weighted by Crippen LogP contribution is 2.21. The number of benzene rings is 1. The predicted molar refractivity (Wildman–Crippen MR) is 77.1 cm³/mol. The molecular weight excluding hydrogens is 234 g/mol. The van der Waals surface area contributed by atoms with Crippen LogP contribution in [0.25, 0.3) is 0 Å². The Hall–Kier alpha value is -1.61. The van der Waals surface area contributed by atoms with Gasteiger partial charge in [0, 0.05) is 32.0 Å². The highest BCUT2D eigenvalue weighted by atomic mass is 15.3. The molecule has 1 saturated heterocycles. The number of piperidine rings is 1. The third-order valence-electron chi connectivity index (χ3n) is 4.02. The summed E-state index contributed by atoms with van der Waals surface area (Å²) in [5.74, 6) is 0. The Labute approximate surface area is 114 Å². The molecule has 1 aromatic heterocycles. The number of hydrogen-bond acceptors (Lipinski definition) is 2. The second kappa shape index (κ2) is 6.02. The van der Waals surface area contributed by atoms with Crippen molar-refractivity contribution in [2.75, 3.05) is 19.6 Å². The van der Waals surface area contributed by atoms with E-state index in [-0.39, 0.29) is 0 Å². The van der Waals surface area contributed by atoms with Crippen LogP contribution in [0.1, 0.15) is 24.4 Å². The normalized spacial score (nSPS) is 17.7. The zero-order chi connectivity index (χ0) is 12.9. The van der Waals surface area contributed by atoms with Crippen molar-refractivity contribution < 1.29 is 0 Å². The fraction of sp³-hybridized carbons (Fsp3) is 0.438. The van der Waals surface area contributed by atoms with E-state index < -0.39 is 0 Å². The molecule has 0 spiro atoms. The lowest BCUT2D eigenvalue weighted by Crippen LogP contribution is -2.36. The number of nitrogens with zero attached hydrogens (tertiary/aromatic N) is 3. The minimum atomic E-state index is 0.600. The van der Waals surface area contributed by atoms with Crippen molar-refractivity contribution >= 4 is 0 Å². The molecule has 3 nitrogen and oxygen atoms in total. The molecule has 3 rings (SSSR count). The van der Waals surface area contributed by atoms with Crippen molar-refractivity contribution in [3.8, 4) is 0 Å². The Kier molecular flexibility index (Phi) is 3.94. The smallest absolute Gasteiger partial charge is 0.0543 e. The molecule has 19 heavy (non-hydrogen) atoms. The molecule has 0 N–H and O–H groups in total. The van der Waals surface area contributed by atoms with Gasteiger partial charge in [0.05, 0.1) is 6.04 Å². The predicted octanol–water partition coefficient (Wildman–Crippen LogP) is 2.76. The van der Waals surface area contributed by atoms with Crippen molar-refractivity contribution in [3.05, 3.63) is 54.4 Å². The summed E-state index contributed by atoms with van der Waals surface area (Å²) in [5.41, 5.74) is 1.44. The van der Waals surface area contributed by atoms with Gasteiger partial charge in [0.2, 0.25) is 0 Å². The van der Waals surface area contributed by atoms with Gasteiger partial charge in [-0.05, 0) is 30.9 Å². The number of aromatic nitrogens is 2. The molecule has 2 aromatic rings. The van der Waals surface area contributed by atoms with Crippen LogP contribution < -0.4 is 0 Å². The van der Waals surface area contributed by atoms with Crippen molar-refractivity contribution in [1.29, 1.82) is 0 Å². The molecule has 1 aliphatic heterocycles. The number of rotatable bonds is 4. The van der Waals surface area contributed by atoms with E-state index in [9.17, 15) is 0 Å².